The zero-order valence-corrected chi connectivity index (χ0v) is 17.5. The first-order valence-electron chi connectivity index (χ1n) is 11.1. The third kappa shape index (κ3) is 9.07. The van der Waals surface area contributed by atoms with Crippen molar-refractivity contribution in [2.45, 2.75) is 70.3 Å². The molecule has 0 bridgehead atoms. The minimum absolute atomic E-state index is 0.0357. The van der Waals surface area contributed by atoms with Crippen LogP contribution in [0.25, 0.3) is 0 Å². The minimum Gasteiger partial charge on any atom is -0.396 e. The van der Waals surface area contributed by atoms with E-state index in [-0.39, 0.29) is 12.5 Å². The van der Waals surface area contributed by atoms with Gasteiger partial charge >= 0.3 is 0 Å². The van der Waals surface area contributed by atoms with Crippen LogP contribution >= 0.6 is 0 Å². The van der Waals surface area contributed by atoms with E-state index in [1.165, 1.54) is 38.5 Å². The number of unbranched alkanes of at least 4 members (excludes halogenated alkanes) is 2. The van der Waals surface area contributed by atoms with Gasteiger partial charge in [-0.1, -0.05) is 49.6 Å². The largest absolute Gasteiger partial charge is 0.396 e. The highest BCUT2D eigenvalue weighted by molar-refractivity contribution is 5.79. The van der Waals surface area contributed by atoms with Crippen LogP contribution in [0.4, 0.5) is 0 Å². The summed E-state index contributed by atoms with van der Waals surface area (Å²) in [6.45, 7) is 5.38. The fraction of sp³-hybridized carbons (Fsp3) is 0.696. The molecule has 5 nitrogen and oxygen atoms in total. The molecular weight excluding hydrogens is 350 g/mol. The molecule has 1 aromatic carbocycles. The number of nitrogens with zero attached hydrogens (tertiary/aromatic N) is 1. The third-order valence-corrected chi connectivity index (χ3v) is 5.32. The van der Waals surface area contributed by atoms with Crippen LogP contribution in [-0.4, -0.2) is 50.0 Å². The van der Waals surface area contributed by atoms with E-state index < -0.39 is 0 Å². The average Bonchev–Trinajstić information content (AvgIpc) is 2.75. The second-order valence-electron chi connectivity index (χ2n) is 7.63. The summed E-state index contributed by atoms with van der Waals surface area (Å²) < 4.78 is 5.99. The maximum absolute atomic E-state index is 9.69. The molecule has 2 rings (SSSR count). The molecule has 0 radical (unpaired) electrons. The van der Waals surface area contributed by atoms with Crippen LogP contribution in [0.2, 0.25) is 0 Å². The molecule has 28 heavy (non-hydrogen) atoms. The average molecular weight is 390 g/mol. The van der Waals surface area contributed by atoms with Crippen LogP contribution in [0.15, 0.2) is 35.3 Å². The van der Waals surface area contributed by atoms with Crippen LogP contribution in [0.3, 0.4) is 0 Å². The summed E-state index contributed by atoms with van der Waals surface area (Å²) in [5, 5.41) is 16.4. The summed E-state index contributed by atoms with van der Waals surface area (Å²) in [5.74, 6) is 0.865. The van der Waals surface area contributed by atoms with Crippen molar-refractivity contribution in [2.75, 3.05) is 32.8 Å². The number of aliphatic imine (C=N–C) groups is 1. The molecule has 5 heteroatoms. The minimum atomic E-state index is 0.0357. The second kappa shape index (κ2) is 14.4. The molecule has 1 saturated carbocycles. The summed E-state index contributed by atoms with van der Waals surface area (Å²) >= 11 is 0. The lowest BCUT2D eigenvalue weighted by Crippen LogP contribution is -2.38. The first-order chi connectivity index (χ1) is 13.8. The van der Waals surface area contributed by atoms with E-state index in [0.29, 0.717) is 12.6 Å². The van der Waals surface area contributed by atoms with Gasteiger partial charge in [0, 0.05) is 25.6 Å². The Bertz CT molecular complexity index is 530. The third-order valence-electron chi connectivity index (χ3n) is 5.32. The van der Waals surface area contributed by atoms with Crippen LogP contribution in [0, 0.1) is 0 Å². The normalized spacial score (nSPS) is 16.7. The maximum atomic E-state index is 9.69. The molecule has 1 atom stereocenters. The number of aliphatic hydroxyl groups is 1. The molecule has 1 aliphatic carbocycles. The molecule has 1 fully saturated rings. The summed E-state index contributed by atoms with van der Waals surface area (Å²) in [6, 6.07) is 10.1. The van der Waals surface area contributed by atoms with Crippen molar-refractivity contribution >= 4 is 5.96 Å². The number of guanidine groups is 1. The van der Waals surface area contributed by atoms with E-state index in [0.717, 1.165) is 44.1 Å². The Labute approximate surface area is 171 Å². The topological polar surface area (TPSA) is 65.9 Å². The summed E-state index contributed by atoms with van der Waals surface area (Å²) in [6.07, 6.45) is 10.5. The van der Waals surface area contributed by atoms with Gasteiger partial charge in [0.05, 0.1) is 19.3 Å². The number of hydrogen-bond acceptors (Lipinski definition) is 3. The Morgan fingerprint density at radius 3 is 2.61 bits per heavy atom. The van der Waals surface area contributed by atoms with Crippen molar-refractivity contribution in [1.82, 2.24) is 10.6 Å². The van der Waals surface area contributed by atoms with Gasteiger partial charge in [0.15, 0.2) is 5.96 Å². The van der Waals surface area contributed by atoms with Gasteiger partial charge in [-0.3, -0.25) is 4.99 Å². The van der Waals surface area contributed by atoms with Gasteiger partial charge in [-0.05, 0) is 44.6 Å². The van der Waals surface area contributed by atoms with Crippen LogP contribution in [-0.2, 0) is 4.74 Å². The standard InChI is InChI=1S/C23H39N3O2/c1-2-24-23(26-18-21(19-27)20-12-6-3-7-13-20)25-16-10-5-11-17-28-22-14-8-4-9-15-22/h3,6-7,12-13,21-22,27H,2,4-5,8-11,14-19H2,1H3,(H2,24,25,26). The van der Waals surface area contributed by atoms with E-state index >= 15 is 0 Å². The van der Waals surface area contributed by atoms with Gasteiger partial charge in [0.1, 0.15) is 0 Å². The molecule has 0 aromatic heterocycles. The second-order valence-corrected chi connectivity index (χ2v) is 7.63. The Balaban J connectivity index is 1.62. The smallest absolute Gasteiger partial charge is 0.191 e. The Kier molecular flexibility index (Phi) is 11.7. The van der Waals surface area contributed by atoms with Crippen LogP contribution in [0.5, 0.6) is 0 Å². The molecule has 0 saturated heterocycles. The van der Waals surface area contributed by atoms with E-state index in [1.54, 1.807) is 0 Å². The van der Waals surface area contributed by atoms with Crippen LogP contribution < -0.4 is 10.6 Å². The fourth-order valence-corrected chi connectivity index (χ4v) is 3.63. The molecule has 0 spiro atoms. The van der Waals surface area contributed by atoms with Crippen molar-refractivity contribution in [2.24, 2.45) is 4.99 Å². The monoisotopic (exact) mass is 389 g/mol. The van der Waals surface area contributed by atoms with E-state index in [9.17, 15) is 5.11 Å². The molecule has 0 heterocycles. The maximum Gasteiger partial charge on any atom is 0.191 e. The van der Waals surface area contributed by atoms with Crippen molar-refractivity contribution in [1.29, 1.82) is 0 Å². The number of benzene rings is 1. The number of rotatable bonds is 12. The Morgan fingerprint density at radius 1 is 1.11 bits per heavy atom. The van der Waals surface area contributed by atoms with E-state index in [4.69, 9.17) is 4.74 Å². The van der Waals surface area contributed by atoms with E-state index in [1.807, 2.05) is 30.3 Å². The highest BCUT2D eigenvalue weighted by Gasteiger charge is 2.13. The molecule has 1 aliphatic rings. The Morgan fingerprint density at radius 2 is 1.89 bits per heavy atom. The lowest BCUT2D eigenvalue weighted by atomic mass is 9.98. The van der Waals surface area contributed by atoms with Crippen molar-refractivity contribution in [3.8, 4) is 0 Å². The highest BCUT2D eigenvalue weighted by Crippen LogP contribution is 2.20. The zero-order valence-electron chi connectivity index (χ0n) is 17.5. The fourth-order valence-electron chi connectivity index (χ4n) is 3.63. The van der Waals surface area contributed by atoms with Gasteiger partial charge < -0.3 is 20.5 Å². The van der Waals surface area contributed by atoms with Crippen LogP contribution in [0.1, 0.15) is 69.8 Å². The Hall–Kier alpha value is -1.59. The van der Waals surface area contributed by atoms with Gasteiger partial charge in [0.25, 0.3) is 0 Å². The number of aliphatic hydroxyl groups excluding tert-OH is 1. The first kappa shape index (κ1) is 22.7. The van der Waals surface area contributed by atoms with Crippen molar-refractivity contribution in [3.05, 3.63) is 35.9 Å². The number of hydrogen-bond donors (Lipinski definition) is 3. The SMILES string of the molecule is CCNC(=NCC(CO)c1ccccc1)NCCCCCOC1CCCCC1. The lowest BCUT2D eigenvalue weighted by molar-refractivity contribution is 0.0264. The predicted molar refractivity (Wildman–Crippen MR) is 117 cm³/mol. The predicted octanol–water partition coefficient (Wildman–Crippen LogP) is 3.84. The van der Waals surface area contributed by atoms with Crippen molar-refractivity contribution < 1.29 is 9.84 Å². The molecule has 0 amide bonds. The molecule has 0 aliphatic heterocycles. The highest BCUT2D eigenvalue weighted by atomic mass is 16.5. The van der Waals surface area contributed by atoms with Gasteiger partial charge in [-0.15, -0.1) is 0 Å². The summed E-state index contributed by atoms with van der Waals surface area (Å²) in [5.41, 5.74) is 1.13. The van der Waals surface area contributed by atoms with Gasteiger partial charge in [-0.2, -0.15) is 0 Å². The molecule has 3 N–H and O–H groups in total. The van der Waals surface area contributed by atoms with Gasteiger partial charge in [0.2, 0.25) is 0 Å². The summed E-state index contributed by atoms with van der Waals surface area (Å²) in [4.78, 5) is 4.67. The first-order valence-corrected chi connectivity index (χ1v) is 11.1. The molecule has 158 valence electrons. The van der Waals surface area contributed by atoms with Crippen molar-refractivity contribution in [3.63, 3.8) is 0 Å². The lowest BCUT2D eigenvalue weighted by Gasteiger charge is -2.21. The quantitative estimate of drug-likeness (QED) is 0.289. The zero-order chi connectivity index (χ0) is 19.9. The summed E-state index contributed by atoms with van der Waals surface area (Å²) in [7, 11) is 0. The number of ether oxygens (including phenoxy) is 1. The van der Waals surface area contributed by atoms with E-state index in [2.05, 4.69) is 22.5 Å². The molecule has 1 aromatic rings. The molecular formula is C23H39N3O2. The molecule has 1 unspecified atom stereocenters. The van der Waals surface area contributed by atoms with Gasteiger partial charge in [-0.25, -0.2) is 0 Å². The number of nitrogens with one attached hydrogen (secondary N) is 2.